The van der Waals surface area contributed by atoms with Crippen LogP contribution in [0, 0.1) is 19.8 Å². The normalized spacial score (nSPS) is 22.2. The van der Waals surface area contributed by atoms with Gasteiger partial charge in [-0.2, -0.15) is 0 Å². The van der Waals surface area contributed by atoms with Gasteiger partial charge in [0.1, 0.15) is 11.5 Å². The molecule has 0 aromatic carbocycles. The van der Waals surface area contributed by atoms with Gasteiger partial charge in [0.25, 0.3) is 5.91 Å². The number of amides is 2. The SMILES string of the molecule is Cc1cc(C(=O)N2CCN(C(=O)C3CCNC3)CC2)c(C)o1. The van der Waals surface area contributed by atoms with Crippen LogP contribution in [0.1, 0.15) is 28.3 Å². The molecule has 2 fully saturated rings. The van der Waals surface area contributed by atoms with Crippen LogP contribution in [0.5, 0.6) is 0 Å². The Morgan fingerprint density at radius 1 is 1.18 bits per heavy atom. The van der Waals surface area contributed by atoms with Crippen molar-refractivity contribution in [2.75, 3.05) is 39.3 Å². The molecule has 0 bridgehead atoms. The largest absolute Gasteiger partial charge is 0.466 e. The average Bonchev–Trinajstić information content (AvgIpc) is 3.15. The van der Waals surface area contributed by atoms with E-state index in [-0.39, 0.29) is 17.7 Å². The van der Waals surface area contributed by atoms with Crippen molar-refractivity contribution in [1.29, 1.82) is 0 Å². The van der Waals surface area contributed by atoms with Crippen LogP contribution in [0.25, 0.3) is 0 Å². The summed E-state index contributed by atoms with van der Waals surface area (Å²) in [5.74, 6) is 1.76. The van der Waals surface area contributed by atoms with Crippen LogP contribution < -0.4 is 5.32 Å². The standard InChI is InChI=1S/C16H23N3O3/c1-11-9-14(12(2)22-11)16(21)19-7-5-18(6-8-19)15(20)13-3-4-17-10-13/h9,13,17H,3-8,10H2,1-2H3. The number of nitrogens with one attached hydrogen (secondary N) is 1. The number of carbonyl (C=O) groups excluding carboxylic acids is 2. The van der Waals surface area contributed by atoms with Crippen molar-refractivity contribution in [3.63, 3.8) is 0 Å². The molecule has 1 N–H and O–H groups in total. The van der Waals surface area contributed by atoms with Crippen molar-refractivity contribution in [1.82, 2.24) is 15.1 Å². The van der Waals surface area contributed by atoms with Gasteiger partial charge in [0.05, 0.1) is 11.5 Å². The number of nitrogens with zero attached hydrogens (tertiary/aromatic N) is 2. The Morgan fingerprint density at radius 2 is 1.86 bits per heavy atom. The van der Waals surface area contributed by atoms with Crippen LogP contribution in [0.2, 0.25) is 0 Å². The topological polar surface area (TPSA) is 65.8 Å². The Hall–Kier alpha value is -1.82. The van der Waals surface area contributed by atoms with Gasteiger partial charge in [-0.15, -0.1) is 0 Å². The summed E-state index contributed by atoms with van der Waals surface area (Å²) in [6, 6.07) is 1.79. The van der Waals surface area contributed by atoms with Crippen molar-refractivity contribution in [3.8, 4) is 0 Å². The fourth-order valence-corrected chi connectivity index (χ4v) is 3.27. The third kappa shape index (κ3) is 2.88. The van der Waals surface area contributed by atoms with E-state index >= 15 is 0 Å². The molecule has 0 aliphatic carbocycles. The molecule has 0 saturated carbocycles. The number of carbonyl (C=O) groups is 2. The molecule has 0 radical (unpaired) electrons. The third-order valence-electron chi connectivity index (χ3n) is 4.56. The van der Waals surface area contributed by atoms with Gasteiger partial charge in [0.15, 0.2) is 0 Å². The molecule has 22 heavy (non-hydrogen) atoms. The molecular weight excluding hydrogens is 282 g/mol. The summed E-state index contributed by atoms with van der Waals surface area (Å²) in [6.07, 6.45) is 0.922. The first-order chi connectivity index (χ1) is 10.6. The molecule has 2 amide bonds. The first-order valence-corrected chi connectivity index (χ1v) is 7.92. The second kappa shape index (κ2) is 6.12. The highest BCUT2D eigenvalue weighted by molar-refractivity contribution is 5.95. The molecule has 120 valence electrons. The van der Waals surface area contributed by atoms with E-state index in [2.05, 4.69) is 5.32 Å². The highest BCUT2D eigenvalue weighted by Gasteiger charge is 2.31. The average molecular weight is 305 g/mol. The van der Waals surface area contributed by atoms with E-state index in [9.17, 15) is 9.59 Å². The van der Waals surface area contributed by atoms with E-state index in [0.29, 0.717) is 37.5 Å². The van der Waals surface area contributed by atoms with Gasteiger partial charge in [-0.1, -0.05) is 0 Å². The zero-order valence-corrected chi connectivity index (χ0v) is 13.2. The molecule has 2 aliphatic rings. The highest BCUT2D eigenvalue weighted by atomic mass is 16.3. The molecule has 1 aromatic heterocycles. The van der Waals surface area contributed by atoms with E-state index < -0.39 is 0 Å². The molecule has 1 atom stereocenters. The minimum absolute atomic E-state index is 0.00369. The quantitative estimate of drug-likeness (QED) is 0.877. The lowest BCUT2D eigenvalue weighted by Crippen LogP contribution is -2.52. The van der Waals surface area contributed by atoms with Gasteiger partial charge in [0, 0.05) is 32.7 Å². The number of furan rings is 1. The fourth-order valence-electron chi connectivity index (χ4n) is 3.27. The molecule has 2 aliphatic heterocycles. The summed E-state index contributed by atoms with van der Waals surface area (Å²) < 4.78 is 5.43. The van der Waals surface area contributed by atoms with E-state index in [1.54, 1.807) is 6.07 Å². The predicted molar refractivity (Wildman–Crippen MR) is 81.6 cm³/mol. The summed E-state index contributed by atoms with van der Waals surface area (Å²) >= 11 is 0. The summed E-state index contributed by atoms with van der Waals surface area (Å²) in [6.45, 7) is 7.79. The van der Waals surface area contributed by atoms with Gasteiger partial charge in [-0.25, -0.2) is 0 Å². The minimum atomic E-state index is 0.00369. The van der Waals surface area contributed by atoms with E-state index in [1.807, 2.05) is 23.6 Å². The Morgan fingerprint density at radius 3 is 2.41 bits per heavy atom. The van der Waals surface area contributed by atoms with Crippen LogP contribution in [-0.2, 0) is 4.79 Å². The lowest BCUT2D eigenvalue weighted by Gasteiger charge is -2.35. The van der Waals surface area contributed by atoms with Gasteiger partial charge >= 0.3 is 0 Å². The maximum atomic E-state index is 12.5. The molecule has 3 heterocycles. The molecular formula is C16H23N3O3. The monoisotopic (exact) mass is 305 g/mol. The Labute approximate surface area is 130 Å². The van der Waals surface area contributed by atoms with Crippen molar-refractivity contribution >= 4 is 11.8 Å². The van der Waals surface area contributed by atoms with Gasteiger partial charge < -0.3 is 19.5 Å². The van der Waals surface area contributed by atoms with Crippen molar-refractivity contribution < 1.29 is 14.0 Å². The lowest BCUT2D eigenvalue weighted by atomic mass is 10.1. The Kier molecular flexibility index (Phi) is 4.20. The smallest absolute Gasteiger partial charge is 0.257 e. The summed E-state index contributed by atoms with van der Waals surface area (Å²) in [5, 5.41) is 3.23. The van der Waals surface area contributed by atoms with E-state index in [1.165, 1.54) is 0 Å². The number of aryl methyl sites for hydroxylation is 2. The van der Waals surface area contributed by atoms with E-state index in [0.717, 1.165) is 25.3 Å². The first kappa shape index (κ1) is 15.1. The van der Waals surface area contributed by atoms with Crippen LogP contribution in [0.4, 0.5) is 0 Å². The summed E-state index contributed by atoms with van der Waals surface area (Å²) in [4.78, 5) is 28.6. The molecule has 1 unspecified atom stereocenters. The maximum Gasteiger partial charge on any atom is 0.257 e. The van der Waals surface area contributed by atoms with Crippen LogP contribution in [0.15, 0.2) is 10.5 Å². The summed E-state index contributed by atoms with van der Waals surface area (Å²) in [7, 11) is 0. The molecule has 2 saturated heterocycles. The molecule has 0 spiro atoms. The van der Waals surface area contributed by atoms with Crippen LogP contribution >= 0.6 is 0 Å². The second-order valence-corrected chi connectivity index (χ2v) is 6.13. The van der Waals surface area contributed by atoms with Crippen LogP contribution in [-0.4, -0.2) is 60.9 Å². The van der Waals surface area contributed by atoms with Gasteiger partial charge in [0.2, 0.25) is 5.91 Å². The predicted octanol–water partition coefficient (Wildman–Crippen LogP) is 0.790. The molecule has 6 heteroatoms. The second-order valence-electron chi connectivity index (χ2n) is 6.13. The van der Waals surface area contributed by atoms with Crippen molar-refractivity contribution in [2.45, 2.75) is 20.3 Å². The minimum Gasteiger partial charge on any atom is -0.466 e. The van der Waals surface area contributed by atoms with Crippen LogP contribution in [0.3, 0.4) is 0 Å². The molecule has 6 nitrogen and oxygen atoms in total. The first-order valence-electron chi connectivity index (χ1n) is 7.92. The number of hydrogen-bond donors (Lipinski definition) is 1. The maximum absolute atomic E-state index is 12.5. The Balaban J connectivity index is 1.58. The Bertz CT molecular complexity index is 567. The third-order valence-corrected chi connectivity index (χ3v) is 4.56. The van der Waals surface area contributed by atoms with Crippen molar-refractivity contribution in [2.24, 2.45) is 5.92 Å². The summed E-state index contributed by atoms with van der Waals surface area (Å²) in [5.41, 5.74) is 0.636. The lowest BCUT2D eigenvalue weighted by molar-refractivity contribution is -0.136. The molecule has 3 rings (SSSR count). The van der Waals surface area contributed by atoms with Crippen molar-refractivity contribution in [3.05, 3.63) is 23.2 Å². The highest BCUT2D eigenvalue weighted by Crippen LogP contribution is 2.18. The van der Waals surface area contributed by atoms with Gasteiger partial charge in [-0.05, 0) is 32.9 Å². The molecule has 1 aromatic rings. The number of rotatable bonds is 2. The number of piperazine rings is 1. The number of hydrogen-bond acceptors (Lipinski definition) is 4. The zero-order chi connectivity index (χ0) is 15.7. The fraction of sp³-hybridized carbons (Fsp3) is 0.625. The van der Waals surface area contributed by atoms with Gasteiger partial charge in [-0.3, -0.25) is 9.59 Å². The zero-order valence-electron chi connectivity index (χ0n) is 13.2. The van der Waals surface area contributed by atoms with E-state index in [4.69, 9.17) is 4.42 Å².